The van der Waals surface area contributed by atoms with Crippen LogP contribution < -0.4 is 5.32 Å². The Kier molecular flexibility index (Phi) is 3.89. The smallest absolute Gasteiger partial charge is 0.126 e. The number of hydrogen-bond acceptors (Lipinski definition) is 2. The van der Waals surface area contributed by atoms with Crippen LogP contribution in [-0.2, 0) is 12.0 Å². The van der Waals surface area contributed by atoms with Crippen LogP contribution >= 0.6 is 0 Å². The highest BCUT2D eigenvalue weighted by Crippen LogP contribution is 2.22. The number of rotatable bonds is 3. The lowest BCUT2D eigenvalue weighted by Crippen LogP contribution is -2.11. The first kappa shape index (κ1) is 13.6. The molecule has 1 aromatic carbocycles. The van der Waals surface area contributed by atoms with E-state index in [1.54, 1.807) is 0 Å². The summed E-state index contributed by atoms with van der Waals surface area (Å²) in [7, 11) is 0. The first-order valence-electron chi connectivity index (χ1n) is 6.71. The molecule has 0 aliphatic heterocycles. The summed E-state index contributed by atoms with van der Waals surface area (Å²) >= 11 is 0. The summed E-state index contributed by atoms with van der Waals surface area (Å²) < 4.78 is 0. The van der Waals surface area contributed by atoms with Gasteiger partial charge >= 0.3 is 0 Å². The maximum Gasteiger partial charge on any atom is 0.126 e. The van der Waals surface area contributed by atoms with Crippen LogP contribution in [0.3, 0.4) is 0 Å². The van der Waals surface area contributed by atoms with Gasteiger partial charge in [-0.05, 0) is 29.5 Å². The number of aryl methyl sites for hydroxylation is 1. The van der Waals surface area contributed by atoms with Crippen molar-refractivity contribution in [3.8, 4) is 0 Å². The Morgan fingerprint density at radius 2 is 1.89 bits per heavy atom. The summed E-state index contributed by atoms with van der Waals surface area (Å²) in [5, 5.41) is 3.36. The summed E-state index contributed by atoms with van der Waals surface area (Å²) in [5.41, 5.74) is 3.98. The SMILES string of the molecule is Cc1cccc(CNc2ccc(C(C)(C)C)cn2)c1. The van der Waals surface area contributed by atoms with Gasteiger partial charge in [0.25, 0.3) is 0 Å². The predicted octanol–water partition coefficient (Wildman–Crippen LogP) is 4.30. The Bertz CT molecular complexity index is 536. The maximum atomic E-state index is 4.47. The highest BCUT2D eigenvalue weighted by Gasteiger charge is 2.13. The summed E-state index contributed by atoms with van der Waals surface area (Å²) in [6.07, 6.45) is 1.96. The molecule has 2 rings (SSSR count). The molecule has 0 saturated heterocycles. The minimum Gasteiger partial charge on any atom is -0.366 e. The summed E-state index contributed by atoms with van der Waals surface area (Å²) in [4.78, 5) is 4.47. The average Bonchev–Trinajstić information content (AvgIpc) is 2.36. The number of aromatic nitrogens is 1. The molecule has 0 spiro atoms. The van der Waals surface area contributed by atoms with Crippen LogP contribution in [0.1, 0.15) is 37.5 Å². The van der Waals surface area contributed by atoms with E-state index in [2.05, 4.69) is 74.4 Å². The molecule has 0 bridgehead atoms. The van der Waals surface area contributed by atoms with Crippen LogP contribution in [0.2, 0.25) is 0 Å². The lowest BCUT2D eigenvalue weighted by Gasteiger charge is -2.18. The van der Waals surface area contributed by atoms with E-state index < -0.39 is 0 Å². The van der Waals surface area contributed by atoms with Crippen LogP contribution in [0, 0.1) is 6.92 Å². The zero-order valence-corrected chi connectivity index (χ0v) is 12.2. The lowest BCUT2D eigenvalue weighted by atomic mass is 9.88. The van der Waals surface area contributed by atoms with Gasteiger partial charge in [-0.25, -0.2) is 4.98 Å². The van der Waals surface area contributed by atoms with Gasteiger partial charge in [0, 0.05) is 12.7 Å². The molecule has 0 unspecified atom stereocenters. The number of anilines is 1. The molecule has 0 fully saturated rings. The second-order valence-corrected chi connectivity index (χ2v) is 6.02. The summed E-state index contributed by atoms with van der Waals surface area (Å²) in [5.74, 6) is 0.925. The Hall–Kier alpha value is -1.83. The van der Waals surface area contributed by atoms with Gasteiger partial charge in [0.05, 0.1) is 0 Å². The largest absolute Gasteiger partial charge is 0.366 e. The molecule has 0 atom stereocenters. The fourth-order valence-electron chi connectivity index (χ4n) is 1.96. The van der Waals surface area contributed by atoms with Crippen LogP contribution in [0.4, 0.5) is 5.82 Å². The van der Waals surface area contributed by atoms with Gasteiger partial charge in [-0.1, -0.05) is 56.7 Å². The zero-order chi connectivity index (χ0) is 13.9. The second kappa shape index (κ2) is 5.43. The van der Waals surface area contributed by atoms with Gasteiger partial charge in [0.2, 0.25) is 0 Å². The number of hydrogen-bond donors (Lipinski definition) is 1. The van der Waals surface area contributed by atoms with Crippen LogP contribution in [0.5, 0.6) is 0 Å². The summed E-state index contributed by atoms with van der Waals surface area (Å²) in [6.45, 7) is 9.51. The highest BCUT2D eigenvalue weighted by atomic mass is 15.0. The molecule has 1 N–H and O–H groups in total. The minimum absolute atomic E-state index is 0.155. The number of pyridine rings is 1. The first-order chi connectivity index (χ1) is 8.95. The van der Waals surface area contributed by atoms with Crippen molar-refractivity contribution in [2.24, 2.45) is 0 Å². The van der Waals surface area contributed by atoms with E-state index in [1.807, 2.05) is 6.20 Å². The van der Waals surface area contributed by atoms with Crippen molar-refractivity contribution in [1.82, 2.24) is 4.98 Å². The molecule has 2 nitrogen and oxygen atoms in total. The average molecular weight is 254 g/mol. The first-order valence-corrected chi connectivity index (χ1v) is 6.71. The third kappa shape index (κ3) is 3.82. The fraction of sp³-hybridized carbons (Fsp3) is 0.353. The van der Waals surface area contributed by atoms with Crippen molar-refractivity contribution < 1.29 is 0 Å². The Morgan fingerprint density at radius 1 is 1.11 bits per heavy atom. The van der Waals surface area contributed by atoms with Crippen molar-refractivity contribution in [3.05, 3.63) is 59.3 Å². The maximum absolute atomic E-state index is 4.47. The molecule has 0 amide bonds. The van der Waals surface area contributed by atoms with E-state index in [4.69, 9.17) is 0 Å². The van der Waals surface area contributed by atoms with Gasteiger partial charge in [0.1, 0.15) is 5.82 Å². The fourth-order valence-corrected chi connectivity index (χ4v) is 1.96. The standard InChI is InChI=1S/C17H22N2/c1-13-6-5-7-14(10-13)11-18-16-9-8-15(12-19-16)17(2,3)4/h5-10,12H,11H2,1-4H3,(H,18,19). The molecule has 0 aliphatic rings. The van der Waals surface area contributed by atoms with Gasteiger partial charge < -0.3 is 5.32 Å². The molecular formula is C17H22N2. The van der Waals surface area contributed by atoms with E-state index >= 15 is 0 Å². The lowest BCUT2D eigenvalue weighted by molar-refractivity contribution is 0.587. The van der Waals surface area contributed by atoms with Crippen LogP contribution in [-0.4, -0.2) is 4.98 Å². The van der Waals surface area contributed by atoms with Gasteiger partial charge in [0.15, 0.2) is 0 Å². The van der Waals surface area contributed by atoms with Crippen LogP contribution in [0.15, 0.2) is 42.6 Å². The molecular weight excluding hydrogens is 232 g/mol. The topological polar surface area (TPSA) is 24.9 Å². The Labute approximate surface area is 115 Å². The van der Waals surface area contributed by atoms with Gasteiger partial charge in [-0.2, -0.15) is 0 Å². The molecule has 0 radical (unpaired) electrons. The highest BCUT2D eigenvalue weighted by molar-refractivity contribution is 5.38. The van der Waals surface area contributed by atoms with E-state index in [1.165, 1.54) is 16.7 Å². The molecule has 2 aromatic rings. The molecule has 1 aromatic heterocycles. The third-order valence-corrected chi connectivity index (χ3v) is 3.19. The van der Waals surface area contributed by atoms with Gasteiger partial charge in [-0.3, -0.25) is 0 Å². The molecule has 2 heteroatoms. The van der Waals surface area contributed by atoms with Crippen molar-refractivity contribution in [1.29, 1.82) is 0 Å². The van der Waals surface area contributed by atoms with Crippen molar-refractivity contribution in [2.45, 2.75) is 39.7 Å². The van der Waals surface area contributed by atoms with E-state index in [-0.39, 0.29) is 5.41 Å². The van der Waals surface area contributed by atoms with Gasteiger partial charge in [-0.15, -0.1) is 0 Å². The van der Waals surface area contributed by atoms with E-state index in [0.29, 0.717) is 0 Å². The zero-order valence-electron chi connectivity index (χ0n) is 12.2. The van der Waals surface area contributed by atoms with Crippen molar-refractivity contribution in [2.75, 3.05) is 5.32 Å². The number of nitrogens with zero attached hydrogens (tertiary/aromatic N) is 1. The molecule has 100 valence electrons. The molecule has 19 heavy (non-hydrogen) atoms. The molecule has 0 aliphatic carbocycles. The Morgan fingerprint density at radius 3 is 2.47 bits per heavy atom. The molecule has 0 saturated carbocycles. The number of nitrogens with one attached hydrogen (secondary N) is 1. The quantitative estimate of drug-likeness (QED) is 0.883. The van der Waals surface area contributed by atoms with E-state index in [0.717, 1.165) is 12.4 Å². The van der Waals surface area contributed by atoms with Crippen LogP contribution in [0.25, 0.3) is 0 Å². The summed E-state index contributed by atoms with van der Waals surface area (Å²) in [6, 6.07) is 12.7. The monoisotopic (exact) mass is 254 g/mol. The third-order valence-electron chi connectivity index (χ3n) is 3.19. The predicted molar refractivity (Wildman–Crippen MR) is 81.4 cm³/mol. The van der Waals surface area contributed by atoms with E-state index in [9.17, 15) is 0 Å². The Balaban J connectivity index is 2.01. The minimum atomic E-state index is 0.155. The van der Waals surface area contributed by atoms with Crippen molar-refractivity contribution in [3.63, 3.8) is 0 Å². The van der Waals surface area contributed by atoms with Crippen molar-refractivity contribution >= 4 is 5.82 Å². The molecule has 1 heterocycles. The second-order valence-electron chi connectivity index (χ2n) is 6.02. The number of benzene rings is 1. The normalized spacial score (nSPS) is 11.4.